The first-order valence-electron chi connectivity index (χ1n) is 9.29. The summed E-state index contributed by atoms with van der Waals surface area (Å²) >= 11 is 2.09. The number of amides is 1. The number of halogens is 2. The quantitative estimate of drug-likeness (QED) is 0.241. The number of rotatable bonds is 7. The highest BCUT2D eigenvalue weighted by Gasteiger charge is 2.11. The molecule has 0 aliphatic carbocycles. The van der Waals surface area contributed by atoms with Gasteiger partial charge in [-0.25, -0.2) is 9.18 Å². The lowest BCUT2D eigenvalue weighted by Gasteiger charge is -2.10. The smallest absolute Gasteiger partial charge is 0.335 e. The fourth-order valence-electron chi connectivity index (χ4n) is 2.68. The Balaban J connectivity index is 1.67. The molecule has 0 spiro atoms. The van der Waals surface area contributed by atoms with Crippen molar-refractivity contribution in [1.29, 1.82) is 5.26 Å². The number of carbonyl (C=O) groups excluding carboxylic acids is 1. The van der Waals surface area contributed by atoms with Crippen molar-refractivity contribution in [3.63, 3.8) is 0 Å². The van der Waals surface area contributed by atoms with Crippen LogP contribution in [0.3, 0.4) is 0 Å². The van der Waals surface area contributed by atoms with Gasteiger partial charge in [-0.1, -0.05) is 18.2 Å². The average molecular weight is 542 g/mol. The van der Waals surface area contributed by atoms with Gasteiger partial charge in [0.2, 0.25) is 0 Å². The molecular weight excluding hydrogens is 526 g/mol. The predicted octanol–water partition coefficient (Wildman–Crippen LogP) is 5.25. The van der Waals surface area contributed by atoms with E-state index in [9.17, 15) is 19.2 Å². The van der Waals surface area contributed by atoms with E-state index < -0.39 is 17.7 Å². The highest BCUT2D eigenvalue weighted by atomic mass is 127. The number of hydrogen-bond donors (Lipinski definition) is 2. The Kier molecular flexibility index (Phi) is 7.57. The van der Waals surface area contributed by atoms with E-state index in [1.54, 1.807) is 30.3 Å². The number of nitrogens with one attached hydrogen (secondary N) is 1. The van der Waals surface area contributed by atoms with E-state index in [0.29, 0.717) is 17.0 Å². The molecule has 6 nitrogen and oxygen atoms in total. The molecule has 2 N–H and O–H groups in total. The second kappa shape index (κ2) is 10.5. The molecule has 0 aliphatic heterocycles. The molecule has 160 valence electrons. The average Bonchev–Trinajstić information content (AvgIpc) is 2.78. The van der Waals surface area contributed by atoms with Crippen molar-refractivity contribution >= 4 is 46.2 Å². The minimum atomic E-state index is -0.987. The lowest BCUT2D eigenvalue weighted by atomic mass is 10.1. The van der Waals surface area contributed by atoms with Crippen LogP contribution in [-0.2, 0) is 11.4 Å². The van der Waals surface area contributed by atoms with Crippen LogP contribution in [0.4, 0.5) is 10.1 Å². The Morgan fingerprint density at radius 2 is 1.78 bits per heavy atom. The van der Waals surface area contributed by atoms with E-state index in [0.717, 1.165) is 9.13 Å². The second-order valence-corrected chi connectivity index (χ2v) is 7.77. The molecule has 0 aromatic heterocycles. The summed E-state index contributed by atoms with van der Waals surface area (Å²) in [6, 6.07) is 18.7. The van der Waals surface area contributed by atoms with Crippen LogP contribution in [0.2, 0.25) is 0 Å². The van der Waals surface area contributed by atoms with Gasteiger partial charge in [-0.15, -0.1) is 0 Å². The van der Waals surface area contributed by atoms with E-state index in [1.807, 2.05) is 6.07 Å². The van der Waals surface area contributed by atoms with Gasteiger partial charge in [-0.2, -0.15) is 5.26 Å². The number of hydrogen-bond acceptors (Lipinski definition) is 4. The van der Waals surface area contributed by atoms with E-state index in [4.69, 9.17) is 9.84 Å². The molecule has 0 aliphatic rings. The van der Waals surface area contributed by atoms with Crippen LogP contribution in [-0.4, -0.2) is 17.0 Å². The molecule has 3 aromatic carbocycles. The maximum Gasteiger partial charge on any atom is 0.335 e. The molecule has 32 heavy (non-hydrogen) atoms. The van der Waals surface area contributed by atoms with E-state index in [-0.39, 0.29) is 17.7 Å². The number of aromatic carboxylic acids is 1. The van der Waals surface area contributed by atoms with Crippen LogP contribution in [0, 0.1) is 20.7 Å². The molecule has 0 saturated heterocycles. The van der Waals surface area contributed by atoms with Crippen molar-refractivity contribution in [3.8, 4) is 11.8 Å². The molecule has 3 aromatic rings. The standard InChI is InChI=1S/C24H16FIN2O4/c25-19-6-8-20(9-7-19)28-23(29)18(13-27)11-16-3-10-22(21(26)12-16)32-14-15-1-4-17(5-2-15)24(30)31/h1-12H,14H2,(H,28,29)(H,30,31)/b18-11-. The van der Waals surface area contributed by atoms with Gasteiger partial charge in [-0.05, 0) is 88.3 Å². The van der Waals surface area contributed by atoms with Crippen molar-refractivity contribution in [2.45, 2.75) is 6.61 Å². The molecule has 0 atom stereocenters. The Hall–Kier alpha value is -3.71. The maximum absolute atomic E-state index is 13.0. The summed E-state index contributed by atoms with van der Waals surface area (Å²) < 4.78 is 19.6. The molecule has 0 saturated carbocycles. The molecule has 0 bridgehead atoms. The van der Waals surface area contributed by atoms with Crippen molar-refractivity contribution < 1.29 is 23.8 Å². The Morgan fingerprint density at radius 1 is 1.09 bits per heavy atom. The van der Waals surface area contributed by atoms with Gasteiger partial charge in [0.05, 0.1) is 9.13 Å². The molecule has 1 amide bonds. The molecular formula is C24H16FIN2O4. The summed E-state index contributed by atoms with van der Waals surface area (Å²) in [5.74, 6) is -1.40. The highest BCUT2D eigenvalue weighted by Crippen LogP contribution is 2.24. The van der Waals surface area contributed by atoms with Crippen molar-refractivity contribution in [2.24, 2.45) is 0 Å². The van der Waals surface area contributed by atoms with Gasteiger partial charge in [0.1, 0.15) is 29.8 Å². The number of carboxylic acids is 1. The molecule has 0 fully saturated rings. The van der Waals surface area contributed by atoms with Crippen LogP contribution < -0.4 is 10.1 Å². The summed E-state index contributed by atoms with van der Waals surface area (Å²) in [5, 5.41) is 20.9. The SMILES string of the molecule is N#C/C(=C/c1ccc(OCc2ccc(C(=O)O)cc2)c(I)c1)C(=O)Nc1ccc(F)cc1. The van der Waals surface area contributed by atoms with Crippen molar-refractivity contribution in [1.82, 2.24) is 0 Å². The largest absolute Gasteiger partial charge is 0.488 e. The van der Waals surface area contributed by atoms with E-state index >= 15 is 0 Å². The third-order valence-electron chi connectivity index (χ3n) is 4.33. The summed E-state index contributed by atoms with van der Waals surface area (Å²) in [5.41, 5.74) is 1.94. The fraction of sp³-hybridized carbons (Fsp3) is 0.0417. The van der Waals surface area contributed by atoms with Gasteiger partial charge in [0.15, 0.2) is 0 Å². The first kappa shape index (κ1) is 23.0. The fourth-order valence-corrected chi connectivity index (χ4v) is 3.37. The van der Waals surface area contributed by atoms with E-state index in [2.05, 4.69) is 27.9 Å². The third kappa shape index (κ3) is 6.15. The van der Waals surface area contributed by atoms with Gasteiger partial charge in [-0.3, -0.25) is 4.79 Å². The Morgan fingerprint density at radius 3 is 2.38 bits per heavy atom. The number of carboxylic acid groups (broad SMARTS) is 1. The van der Waals surface area contributed by atoms with Crippen molar-refractivity contribution in [2.75, 3.05) is 5.32 Å². The van der Waals surface area contributed by atoms with Crippen molar-refractivity contribution in [3.05, 3.63) is 98.4 Å². The maximum atomic E-state index is 13.0. The minimum absolute atomic E-state index is 0.0997. The number of carbonyl (C=O) groups is 2. The van der Waals surface area contributed by atoms with Gasteiger partial charge < -0.3 is 15.2 Å². The zero-order valence-electron chi connectivity index (χ0n) is 16.5. The molecule has 0 unspecified atom stereocenters. The van der Waals surface area contributed by atoms with E-state index in [1.165, 1.54) is 42.5 Å². The number of benzene rings is 3. The summed E-state index contributed by atoms with van der Waals surface area (Å²) in [7, 11) is 0. The normalized spacial score (nSPS) is 10.8. The molecule has 3 rings (SSSR count). The number of anilines is 1. The topological polar surface area (TPSA) is 99.4 Å². The zero-order valence-corrected chi connectivity index (χ0v) is 18.7. The molecule has 8 heteroatoms. The molecule has 0 heterocycles. The summed E-state index contributed by atoms with van der Waals surface area (Å²) in [6.45, 7) is 0.259. The first-order chi connectivity index (χ1) is 15.4. The number of ether oxygens (including phenoxy) is 1. The Labute approximate surface area is 197 Å². The number of nitrogens with zero attached hydrogens (tertiary/aromatic N) is 1. The monoisotopic (exact) mass is 542 g/mol. The second-order valence-electron chi connectivity index (χ2n) is 6.61. The van der Waals surface area contributed by atoms with Gasteiger partial charge in [0, 0.05) is 5.69 Å². The van der Waals surface area contributed by atoms with Crippen LogP contribution >= 0.6 is 22.6 Å². The van der Waals surface area contributed by atoms with Crippen LogP contribution in [0.15, 0.2) is 72.3 Å². The van der Waals surface area contributed by atoms with Gasteiger partial charge >= 0.3 is 5.97 Å². The van der Waals surface area contributed by atoms with Gasteiger partial charge in [0.25, 0.3) is 5.91 Å². The van der Waals surface area contributed by atoms with Crippen LogP contribution in [0.25, 0.3) is 6.08 Å². The minimum Gasteiger partial charge on any atom is -0.488 e. The number of nitriles is 1. The summed E-state index contributed by atoms with van der Waals surface area (Å²) in [6.07, 6.45) is 1.45. The Bertz CT molecular complexity index is 1220. The zero-order chi connectivity index (χ0) is 23.1. The molecule has 0 radical (unpaired) electrons. The highest BCUT2D eigenvalue weighted by molar-refractivity contribution is 14.1. The first-order valence-corrected chi connectivity index (χ1v) is 10.4. The lowest BCUT2D eigenvalue weighted by Crippen LogP contribution is -2.13. The summed E-state index contributed by atoms with van der Waals surface area (Å²) in [4.78, 5) is 23.3. The lowest BCUT2D eigenvalue weighted by molar-refractivity contribution is -0.112. The van der Waals surface area contributed by atoms with Crippen LogP contribution in [0.1, 0.15) is 21.5 Å². The predicted molar refractivity (Wildman–Crippen MR) is 126 cm³/mol. The third-order valence-corrected chi connectivity index (χ3v) is 5.17. The van der Waals surface area contributed by atoms with Crippen LogP contribution in [0.5, 0.6) is 5.75 Å².